The highest BCUT2D eigenvalue weighted by molar-refractivity contribution is 5.90. The molecule has 0 heterocycles. The van der Waals surface area contributed by atoms with Crippen LogP contribution in [0, 0.1) is 0 Å². The fourth-order valence-corrected chi connectivity index (χ4v) is 6.48. The van der Waals surface area contributed by atoms with Crippen molar-refractivity contribution in [2.45, 2.75) is 0 Å². The lowest BCUT2D eigenvalue weighted by molar-refractivity contribution is 1.28. The molecule has 8 aromatic carbocycles. The van der Waals surface area contributed by atoms with Gasteiger partial charge in [0.05, 0.1) is 0 Å². The van der Waals surface area contributed by atoms with Crippen LogP contribution in [0.25, 0.3) is 34.1 Å². The molecule has 8 rings (SSSR count). The van der Waals surface area contributed by atoms with Crippen molar-refractivity contribution in [3.63, 3.8) is 0 Å². The number of hydrogen-bond donors (Lipinski definition) is 0. The second-order valence-corrected chi connectivity index (χ2v) is 12.3. The van der Waals surface area contributed by atoms with Crippen LogP contribution >= 0.6 is 0 Å². The third-order valence-corrected chi connectivity index (χ3v) is 9.00. The van der Waals surface area contributed by atoms with Crippen molar-refractivity contribution in [1.29, 1.82) is 0 Å². The molecule has 0 spiro atoms. The van der Waals surface area contributed by atoms with Crippen molar-refractivity contribution < 1.29 is 0 Å². The minimum atomic E-state index is 1.13. The number of para-hydroxylation sites is 4. The van der Waals surface area contributed by atoms with Crippen LogP contribution in [-0.2, 0) is 0 Å². The lowest BCUT2D eigenvalue weighted by Gasteiger charge is -2.25. The van der Waals surface area contributed by atoms with Gasteiger partial charge in [-0.05, 0) is 118 Å². The van der Waals surface area contributed by atoms with Crippen LogP contribution in [0.4, 0.5) is 34.1 Å². The molecule has 0 atom stereocenters. The maximum atomic E-state index is 2.29. The Morgan fingerprint density at radius 2 is 0.600 bits per heavy atom. The van der Waals surface area contributed by atoms with Gasteiger partial charge in [0.2, 0.25) is 0 Å². The van der Waals surface area contributed by atoms with Gasteiger partial charge in [-0.25, -0.2) is 0 Å². The van der Waals surface area contributed by atoms with E-state index in [1.165, 1.54) is 27.5 Å². The normalized spacial score (nSPS) is 11.1. The van der Waals surface area contributed by atoms with Crippen LogP contribution < -0.4 is 9.80 Å². The molecule has 0 saturated heterocycles. The van der Waals surface area contributed by atoms with E-state index in [0.717, 1.165) is 39.7 Å². The highest BCUT2D eigenvalue weighted by Gasteiger charge is 2.13. The second-order valence-electron chi connectivity index (χ2n) is 12.3. The molecule has 8 aromatic rings. The molecule has 2 heteroatoms. The molecular weight excluding hydrogens is 605 g/mol. The maximum Gasteiger partial charge on any atom is 0.0462 e. The summed E-state index contributed by atoms with van der Waals surface area (Å²) in [6.07, 6.45) is 4.38. The molecule has 0 aliphatic carbocycles. The predicted octanol–water partition coefficient (Wildman–Crippen LogP) is 13.6. The summed E-state index contributed by atoms with van der Waals surface area (Å²) in [6, 6.07) is 73.1. The van der Waals surface area contributed by atoms with Gasteiger partial charge < -0.3 is 9.80 Å². The Balaban J connectivity index is 0.999. The van der Waals surface area contributed by atoms with Crippen molar-refractivity contribution in [3.05, 3.63) is 217 Å². The van der Waals surface area contributed by atoms with Gasteiger partial charge >= 0.3 is 0 Å². The van der Waals surface area contributed by atoms with Crippen molar-refractivity contribution >= 4 is 57.0 Å². The van der Waals surface area contributed by atoms with Gasteiger partial charge in [0, 0.05) is 34.1 Å². The molecule has 50 heavy (non-hydrogen) atoms. The first-order valence-electron chi connectivity index (χ1n) is 17.0. The van der Waals surface area contributed by atoms with E-state index in [4.69, 9.17) is 0 Å². The Hall–Kier alpha value is -6.64. The first kappa shape index (κ1) is 30.7. The molecule has 0 unspecified atom stereocenters. The third kappa shape index (κ3) is 6.69. The summed E-state index contributed by atoms with van der Waals surface area (Å²) >= 11 is 0. The van der Waals surface area contributed by atoms with E-state index >= 15 is 0 Å². The van der Waals surface area contributed by atoms with Crippen LogP contribution in [0.5, 0.6) is 0 Å². The molecule has 0 radical (unpaired) electrons. The fraction of sp³-hybridized carbons (Fsp3) is 0. The van der Waals surface area contributed by atoms with Gasteiger partial charge in [0.1, 0.15) is 0 Å². The monoisotopic (exact) mass is 640 g/mol. The molecular formula is C48H36N2. The zero-order valence-electron chi connectivity index (χ0n) is 27.7. The number of fused-ring (bicyclic) bond motifs is 1. The number of hydrogen-bond acceptors (Lipinski definition) is 2. The van der Waals surface area contributed by atoms with Crippen molar-refractivity contribution in [1.82, 2.24) is 0 Å². The van der Waals surface area contributed by atoms with Crippen LogP contribution in [0.15, 0.2) is 206 Å². The van der Waals surface area contributed by atoms with E-state index in [0.29, 0.717) is 0 Å². The number of benzene rings is 8. The second kappa shape index (κ2) is 14.2. The quantitative estimate of drug-likeness (QED) is 0.145. The minimum absolute atomic E-state index is 1.13. The van der Waals surface area contributed by atoms with Gasteiger partial charge in [0.15, 0.2) is 0 Å². The Morgan fingerprint density at radius 1 is 0.260 bits per heavy atom. The minimum Gasteiger partial charge on any atom is -0.311 e. The predicted molar refractivity (Wildman–Crippen MR) is 214 cm³/mol. The zero-order chi connectivity index (χ0) is 33.5. The number of rotatable bonds is 9. The Kier molecular flexibility index (Phi) is 8.73. The van der Waals surface area contributed by atoms with Crippen molar-refractivity contribution in [2.24, 2.45) is 0 Å². The first-order chi connectivity index (χ1) is 24.8. The SMILES string of the molecule is C(=C\c1ccc2cc(-c3ccc(N(c4ccccc4)c4ccccc4)cc3)ccc2c1)/c1ccc(N(c2ccccc2)c2ccccc2)cc1. The maximum absolute atomic E-state index is 2.29. The smallest absolute Gasteiger partial charge is 0.0462 e. The van der Waals surface area contributed by atoms with Gasteiger partial charge in [-0.15, -0.1) is 0 Å². The molecule has 0 saturated carbocycles. The van der Waals surface area contributed by atoms with Gasteiger partial charge in [-0.1, -0.05) is 133 Å². The molecule has 0 aliphatic heterocycles. The summed E-state index contributed by atoms with van der Waals surface area (Å²) in [5.41, 5.74) is 11.5. The van der Waals surface area contributed by atoms with Crippen molar-refractivity contribution in [2.75, 3.05) is 9.80 Å². The van der Waals surface area contributed by atoms with E-state index in [1.54, 1.807) is 0 Å². The highest BCUT2D eigenvalue weighted by Crippen LogP contribution is 2.36. The molecule has 0 aliphatic rings. The summed E-state index contributed by atoms with van der Waals surface area (Å²) in [6.45, 7) is 0. The van der Waals surface area contributed by atoms with E-state index in [9.17, 15) is 0 Å². The Labute approximate surface area is 294 Å². The van der Waals surface area contributed by atoms with E-state index in [2.05, 4.69) is 228 Å². The topological polar surface area (TPSA) is 6.48 Å². The van der Waals surface area contributed by atoms with E-state index < -0.39 is 0 Å². The Bertz CT molecular complexity index is 2250. The average Bonchev–Trinajstić information content (AvgIpc) is 3.19. The fourth-order valence-electron chi connectivity index (χ4n) is 6.48. The molecule has 0 amide bonds. The largest absolute Gasteiger partial charge is 0.311 e. The summed E-state index contributed by atoms with van der Waals surface area (Å²) in [5.74, 6) is 0. The first-order valence-corrected chi connectivity index (χ1v) is 17.0. The number of anilines is 6. The van der Waals surface area contributed by atoms with Crippen LogP contribution in [0.1, 0.15) is 11.1 Å². The third-order valence-electron chi connectivity index (χ3n) is 9.00. The lowest BCUT2D eigenvalue weighted by atomic mass is 9.99. The molecule has 0 aromatic heterocycles. The lowest BCUT2D eigenvalue weighted by Crippen LogP contribution is -2.09. The highest BCUT2D eigenvalue weighted by atomic mass is 15.1. The summed E-state index contributed by atoms with van der Waals surface area (Å²) < 4.78 is 0. The van der Waals surface area contributed by atoms with Gasteiger partial charge in [-0.2, -0.15) is 0 Å². The zero-order valence-corrected chi connectivity index (χ0v) is 27.7. The summed E-state index contributed by atoms with van der Waals surface area (Å²) in [5, 5.41) is 2.45. The average molecular weight is 641 g/mol. The van der Waals surface area contributed by atoms with Crippen molar-refractivity contribution in [3.8, 4) is 11.1 Å². The number of nitrogens with zero attached hydrogens (tertiary/aromatic N) is 2. The molecule has 0 fully saturated rings. The summed E-state index contributed by atoms with van der Waals surface area (Å²) in [7, 11) is 0. The standard InChI is InChI=1S/C48H36N2/c1-5-13-43(14-6-1)49(44-15-7-2-8-16-44)47-31-24-37(25-32-47)21-22-38-23-26-42-36-41(28-27-40(42)35-38)39-29-33-48(34-30-39)50(45-17-9-3-10-18-45)46-19-11-4-12-20-46/h1-36H/b22-21+. The van der Waals surface area contributed by atoms with Crippen LogP contribution in [0.3, 0.4) is 0 Å². The summed E-state index contributed by atoms with van der Waals surface area (Å²) in [4.78, 5) is 4.57. The van der Waals surface area contributed by atoms with Crippen LogP contribution in [0.2, 0.25) is 0 Å². The Morgan fingerprint density at radius 3 is 1.08 bits per heavy atom. The van der Waals surface area contributed by atoms with E-state index in [-0.39, 0.29) is 0 Å². The van der Waals surface area contributed by atoms with Gasteiger partial charge in [0.25, 0.3) is 0 Å². The molecule has 0 bridgehead atoms. The van der Waals surface area contributed by atoms with Gasteiger partial charge in [-0.3, -0.25) is 0 Å². The molecule has 2 nitrogen and oxygen atoms in total. The molecule has 238 valence electrons. The molecule has 0 N–H and O–H groups in total. The van der Waals surface area contributed by atoms with E-state index in [1.807, 2.05) is 0 Å². The van der Waals surface area contributed by atoms with Crippen LogP contribution in [-0.4, -0.2) is 0 Å².